The maximum atomic E-state index is 13.4. The molecule has 1 aromatic heterocycles. The van der Waals surface area contributed by atoms with Crippen molar-refractivity contribution in [3.05, 3.63) is 64.1 Å². The lowest BCUT2D eigenvalue weighted by Crippen LogP contribution is -2.45. The van der Waals surface area contributed by atoms with E-state index in [2.05, 4.69) is 17.2 Å². The lowest BCUT2D eigenvalue weighted by molar-refractivity contribution is -0.139. The fourth-order valence-corrected chi connectivity index (χ4v) is 4.98. The lowest BCUT2D eigenvalue weighted by Gasteiger charge is -2.36. The number of benzene rings is 1. The minimum Gasteiger partial charge on any atom is -0.341 e. The van der Waals surface area contributed by atoms with Gasteiger partial charge in [0.2, 0.25) is 11.8 Å². The second kappa shape index (κ2) is 10.1. The number of hydrogen-bond donors (Lipinski definition) is 0. The Bertz CT molecular complexity index is 996. The lowest BCUT2D eigenvalue weighted by atomic mass is 9.81. The van der Waals surface area contributed by atoms with Crippen LogP contribution in [0.3, 0.4) is 0 Å². The SMILES string of the molecule is Cc1ccc(=O)n(CC(=O)N2CCC([C@H]3CCCCN(Cc4ccccc4)C3=O)CC2)n1. The number of amides is 2. The molecule has 7 nitrogen and oxygen atoms in total. The quantitative estimate of drug-likeness (QED) is 0.722. The molecule has 32 heavy (non-hydrogen) atoms. The molecule has 1 aromatic carbocycles. The van der Waals surface area contributed by atoms with Gasteiger partial charge in [0.25, 0.3) is 5.56 Å². The van der Waals surface area contributed by atoms with Crippen molar-refractivity contribution in [2.75, 3.05) is 19.6 Å². The van der Waals surface area contributed by atoms with Crippen molar-refractivity contribution >= 4 is 11.8 Å². The minimum atomic E-state index is -0.263. The van der Waals surface area contributed by atoms with E-state index < -0.39 is 0 Å². The van der Waals surface area contributed by atoms with E-state index in [-0.39, 0.29) is 29.8 Å². The topological polar surface area (TPSA) is 75.5 Å². The predicted octanol–water partition coefficient (Wildman–Crippen LogP) is 2.62. The van der Waals surface area contributed by atoms with Gasteiger partial charge in [-0.25, -0.2) is 4.68 Å². The molecule has 0 saturated carbocycles. The Hall–Kier alpha value is -2.96. The Labute approximate surface area is 189 Å². The molecule has 3 heterocycles. The first-order valence-corrected chi connectivity index (χ1v) is 11.7. The van der Waals surface area contributed by atoms with Gasteiger partial charge in [-0.05, 0) is 50.2 Å². The van der Waals surface area contributed by atoms with Crippen LogP contribution in [-0.4, -0.2) is 51.0 Å². The van der Waals surface area contributed by atoms with Crippen LogP contribution in [0.2, 0.25) is 0 Å². The molecule has 1 atom stereocenters. The third-order valence-electron chi connectivity index (χ3n) is 6.78. The Morgan fingerprint density at radius 3 is 2.47 bits per heavy atom. The average molecular weight is 437 g/mol. The first kappa shape index (κ1) is 22.2. The van der Waals surface area contributed by atoms with Crippen molar-refractivity contribution in [3.8, 4) is 0 Å². The molecule has 0 unspecified atom stereocenters. The molecule has 2 aromatic rings. The van der Waals surface area contributed by atoms with E-state index in [9.17, 15) is 14.4 Å². The molecule has 0 radical (unpaired) electrons. The molecule has 0 spiro atoms. The van der Waals surface area contributed by atoms with E-state index in [0.717, 1.165) is 38.6 Å². The molecule has 2 amide bonds. The van der Waals surface area contributed by atoms with Crippen molar-refractivity contribution < 1.29 is 9.59 Å². The zero-order valence-corrected chi connectivity index (χ0v) is 18.8. The summed E-state index contributed by atoms with van der Waals surface area (Å²) in [5, 5.41) is 4.17. The number of hydrogen-bond acceptors (Lipinski definition) is 4. The number of aromatic nitrogens is 2. The van der Waals surface area contributed by atoms with Crippen molar-refractivity contribution in [2.24, 2.45) is 11.8 Å². The normalized spacial score (nSPS) is 20.3. The molecule has 0 bridgehead atoms. The molecule has 2 saturated heterocycles. The van der Waals surface area contributed by atoms with Crippen molar-refractivity contribution in [2.45, 2.75) is 52.1 Å². The van der Waals surface area contributed by atoms with Crippen LogP contribution < -0.4 is 5.56 Å². The van der Waals surface area contributed by atoms with E-state index in [4.69, 9.17) is 0 Å². The third-order valence-corrected chi connectivity index (χ3v) is 6.78. The van der Waals surface area contributed by atoms with Gasteiger partial charge in [0.1, 0.15) is 6.54 Å². The minimum absolute atomic E-state index is 0.0294. The molecule has 0 N–H and O–H groups in total. The van der Waals surface area contributed by atoms with E-state index in [1.165, 1.54) is 16.3 Å². The van der Waals surface area contributed by atoms with Gasteiger partial charge < -0.3 is 9.80 Å². The summed E-state index contributed by atoms with van der Waals surface area (Å²) in [6.45, 7) is 4.53. The molecule has 7 heteroatoms. The summed E-state index contributed by atoms with van der Waals surface area (Å²) in [7, 11) is 0. The Balaban J connectivity index is 1.35. The summed E-state index contributed by atoms with van der Waals surface area (Å²) in [5.74, 6) is 0.537. The largest absolute Gasteiger partial charge is 0.341 e. The first-order chi connectivity index (χ1) is 15.5. The summed E-state index contributed by atoms with van der Waals surface area (Å²) in [6.07, 6.45) is 4.72. The maximum absolute atomic E-state index is 13.4. The second-order valence-electron chi connectivity index (χ2n) is 9.04. The highest BCUT2D eigenvalue weighted by Gasteiger charge is 2.35. The maximum Gasteiger partial charge on any atom is 0.267 e. The predicted molar refractivity (Wildman–Crippen MR) is 122 cm³/mol. The molecule has 2 fully saturated rings. The summed E-state index contributed by atoms with van der Waals surface area (Å²) in [6, 6.07) is 13.3. The Kier molecular flexibility index (Phi) is 7.02. The van der Waals surface area contributed by atoms with E-state index in [0.29, 0.717) is 31.2 Å². The number of carbonyl (C=O) groups is 2. The van der Waals surface area contributed by atoms with E-state index in [1.807, 2.05) is 28.0 Å². The van der Waals surface area contributed by atoms with Crippen LogP contribution in [0.25, 0.3) is 0 Å². The fraction of sp³-hybridized carbons (Fsp3) is 0.520. The van der Waals surface area contributed by atoms with E-state index in [1.54, 1.807) is 13.0 Å². The second-order valence-corrected chi connectivity index (χ2v) is 9.04. The smallest absolute Gasteiger partial charge is 0.267 e. The number of carbonyl (C=O) groups excluding carboxylic acids is 2. The van der Waals surface area contributed by atoms with Gasteiger partial charge in [0.05, 0.1) is 5.69 Å². The van der Waals surface area contributed by atoms with Crippen LogP contribution >= 0.6 is 0 Å². The number of nitrogens with zero attached hydrogens (tertiary/aromatic N) is 4. The molecular weight excluding hydrogens is 404 g/mol. The molecule has 170 valence electrons. The van der Waals surface area contributed by atoms with Crippen molar-refractivity contribution in [1.82, 2.24) is 19.6 Å². The first-order valence-electron chi connectivity index (χ1n) is 11.7. The van der Waals surface area contributed by atoms with Crippen molar-refractivity contribution in [3.63, 3.8) is 0 Å². The number of aryl methyl sites for hydroxylation is 1. The Morgan fingerprint density at radius 2 is 1.72 bits per heavy atom. The molecule has 4 rings (SSSR count). The summed E-state index contributed by atoms with van der Waals surface area (Å²) < 4.78 is 1.24. The van der Waals surface area contributed by atoms with Gasteiger partial charge in [-0.1, -0.05) is 36.8 Å². The average Bonchev–Trinajstić information content (AvgIpc) is 2.98. The highest BCUT2D eigenvalue weighted by Crippen LogP contribution is 2.32. The number of likely N-dealkylation sites (tertiary alicyclic amines) is 2. The number of piperidine rings is 1. The van der Waals surface area contributed by atoms with Crippen LogP contribution in [0, 0.1) is 18.8 Å². The van der Waals surface area contributed by atoms with Gasteiger partial charge in [-0.15, -0.1) is 0 Å². The van der Waals surface area contributed by atoms with Gasteiger partial charge in [-0.2, -0.15) is 5.10 Å². The number of rotatable bonds is 5. The van der Waals surface area contributed by atoms with Gasteiger partial charge in [-0.3, -0.25) is 14.4 Å². The van der Waals surface area contributed by atoms with Gasteiger partial charge in [0, 0.05) is 38.2 Å². The third kappa shape index (κ3) is 5.26. The fourth-order valence-electron chi connectivity index (χ4n) is 4.98. The standard InChI is InChI=1S/C25H32N4O3/c1-19-10-11-23(30)29(26-19)18-24(31)27-15-12-21(13-16-27)22-9-5-6-14-28(25(22)32)17-20-7-3-2-4-8-20/h2-4,7-8,10-11,21-22H,5-6,9,12-18H2,1H3/t22-/m1/s1. The Morgan fingerprint density at radius 1 is 0.969 bits per heavy atom. The van der Waals surface area contributed by atoms with Crippen LogP contribution in [0.4, 0.5) is 0 Å². The van der Waals surface area contributed by atoms with Crippen LogP contribution in [0.5, 0.6) is 0 Å². The van der Waals surface area contributed by atoms with Gasteiger partial charge in [0.15, 0.2) is 0 Å². The van der Waals surface area contributed by atoms with E-state index >= 15 is 0 Å². The zero-order valence-electron chi connectivity index (χ0n) is 18.8. The summed E-state index contributed by atoms with van der Waals surface area (Å²) >= 11 is 0. The van der Waals surface area contributed by atoms with Crippen LogP contribution in [0.15, 0.2) is 47.3 Å². The monoisotopic (exact) mass is 436 g/mol. The molecule has 2 aliphatic heterocycles. The summed E-state index contributed by atoms with van der Waals surface area (Å²) in [4.78, 5) is 41.9. The summed E-state index contributed by atoms with van der Waals surface area (Å²) in [5.41, 5.74) is 1.62. The highest BCUT2D eigenvalue weighted by molar-refractivity contribution is 5.79. The molecular formula is C25H32N4O3. The zero-order chi connectivity index (χ0) is 22.5. The highest BCUT2D eigenvalue weighted by atomic mass is 16.2. The molecule has 0 aliphatic carbocycles. The van der Waals surface area contributed by atoms with Crippen LogP contribution in [0.1, 0.15) is 43.4 Å². The van der Waals surface area contributed by atoms with Crippen molar-refractivity contribution in [1.29, 1.82) is 0 Å². The molecule has 2 aliphatic rings. The van der Waals surface area contributed by atoms with Gasteiger partial charge >= 0.3 is 0 Å². The van der Waals surface area contributed by atoms with Crippen LogP contribution in [-0.2, 0) is 22.7 Å².